The first-order valence-corrected chi connectivity index (χ1v) is 18.3. The van der Waals surface area contributed by atoms with Gasteiger partial charge in [0.25, 0.3) is 0 Å². The zero-order valence-electron chi connectivity index (χ0n) is 29.5. The summed E-state index contributed by atoms with van der Waals surface area (Å²) in [6, 6.07) is 66.0. The van der Waals surface area contributed by atoms with Gasteiger partial charge < -0.3 is 13.7 Å². The second-order valence-corrected chi connectivity index (χ2v) is 14.0. The second-order valence-electron chi connectivity index (χ2n) is 14.0. The van der Waals surface area contributed by atoms with Crippen molar-refractivity contribution in [1.82, 2.24) is 13.7 Å². The highest BCUT2D eigenvalue weighted by Crippen LogP contribution is 2.41. The summed E-state index contributed by atoms with van der Waals surface area (Å²) in [5.74, 6) is 0. The van der Waals surface area contributed by atoms with Gasteiger partial charge in [-0.1, -0.05) is 103 Å². The minimum atomic E-state index is 0.595. The van der Waals surface area contributed by atoms with Gasteiger partial charge in [-0.15, -0.1) is 0 Å². The Labute approximate surface area is 316 Å². The molecular formula is C50H29N5. The van der Waals surface area contributed by atoms with Crippen LogP contribution >= 0.6 is 0 Å². The van der Waals surface area contributed by atoms with Gasteiger partial charge in [0, 0.05) is 49.3 Å². The lowest BCUT2D eigenvalue weighted by atomic mass is 9.99. The summed E-state index contributed by atoms with van der Waals surface area (Å²) in [5.41, 5.74) is 12.6. The van der Waals surface area contributed by atoms with Crippen LogP contribution in [0, 0.1) is 22.7 Å². The zero-order valence-corrected chi connectivity index (χ0v) is 29.5. The predicted molar refractivity (Wildman–Crippen MR) is 224 cm³/mol. The minimum Gasteiger partial charge on any atom is -0.309 e. The molecule has 55 heavy (non-hydrogen) atoms. The summed E-state index contributed by atoms with van der Waals surface area (Å²) in [7, 11) is 0. The molecule has 8 aromatic carbocycles. The van der Waals surface area contributed by atoms with Gasteiger partial charge in [-0.25, -0.2) is 0 Å². The topological polar surface area (TPSA) is 62.4 Å². The Kier molecular flexibility index (Phi) is 6.61. The van der Waals surface area contributed by atoms with Crippen molar-refractivity contribution in [2.75, 3.05) is 0 Å². The molecule has 11 aromatic rings. The lowest BCUT2D eigenvalue weighted by Crippen LogP contribution is -2.02. The Hall–Kier alpha value is -7.86. The van der Waals surface area contributed by atoms with E-state index in [2.05, 4.69) is 165 Å². The summed E-state index contributed by atoms with van der Waals surface area (Å²) in [6.07, 6.45) is 0. The largest absolute Gasteiger partial charge is 0.309 e. The predicted octanol–water partition coefficient (Wildman–Crippen LogP) is 12.4. The van der Waals surface area contributed by atoms with Crippen LogP contribution in [-0.4, -0.2) is 13.7 Å². The number of hydrogen-bond acceptors (Lipinski definition) is 2. The quantitative estimate of drug-likeness (QED) is 0.184. The van der Waals surface area contributed by atoms with Gasteiger partial charge in [0.1, 0.15) is 6.07 Å². The molecule has 0 atom stereocenters. The van der Waals surface area contributed by atoms with Gasteiger partial charge in [0.15, 0.2) is 0 Å². The Bertz CT molecular complexity index is 3400. The van der Waals surface area contributed by atoms with Crippen molar-refractivity contribution in [3.63, 3.8) is 0 Å². The van der Waals surface area contributed by atoms with Crippen molar-refractivity contribution in [1.29, 1.82) is 10.5 Å². The van der Waals surface area contributed by atoms with Crippen LogP contribution in [0.5, 0.6) is 0 Å². The molecule has 0 N–H and O–H groups in total. The molecule has 0 aliphatic heterocycles. The summed E-state index contributed by atoms with van der Waals surface area (Å²) < 4.78 is 6.87. The van der Waals surface area contributed by atoms with Crippen molar-refractivity contribution in [3.05, 3.63) is 187 Å². The molecule has 0 spiro atoms. The van der Waals surface area contributed by atoms with E-state index in [1.807, 2.05) is 36.4 Å². The Morgan fingerprint density at radius 2 is 0.855 bits per heavy atom. The third-order valence-electron chi connectivity index (χ3n) is 11.1. The van der Waals surface area contributed by atoms with Crippen LogP contribution in [0.3, 0.4) is 0 Å². The fourth-order valence-electron chi connectivity index (χ4n) is 8.76. The van der Waals surface area contributed by atoms with E-state index in [0.29, 0.717) is 11.1 Å². The van der Waals surface area contributed by atoms with E-state index in [1.54, 1.807) is 0 Å². The number of para-hydroxylation sites is 5. The standard InChI is InChI=1S/C50H29N5/c51-30-32-20-27-48-43(28-32)41-14-4-7-18-46(41)54(48)36-25-26-42-40-13-3-8-19-47(40)55(49(42)29-36)50-34(31-52)10-9-15-37(50)33-21-23-35(24-22-33)53-44-16-5-1-11-38(44)39-12-2-6-17-45(39)53/h1-29H. The molecule has 3 aromatic heterocycles. The molecule has 11 rings (SSSR count). The molecule has 3 heterocycles. The fraction of sp³-hybridized carbons (Fsp3) is 0. The first-order chi connectivity index (χ1) is 27.2. The van der Waals surface area contributed by atoms with Crippen LogP contribution in [0.4, 0.5) is 0 Å². The fourth-order valence-corrected chi connectivity index (χ4v) is 8.76. The zero-order chi connectivity index (χ0) is 36.6. The Morgan fingerprint density at radius 1 is 0.345 bits per heavy atom. The van der Waals surface area contributed by atoms with Gasteiger partial charge in [0.05, 0.1) is 56.0 Å². The normalized spacial score (nSPS) is 11.6. The third kappa shape index (κ3) is 4.45. The molecule has 0 radical (unpaired) electrons. The van der Waals surface area contributed by atoms with E-state index < -0.39 is 0 Å². The van der Waals surface area contributed by atoms with Crippen LogP contribution in [-0.2, 0) is 0 Å². The molecule has 0 aliphatic carbocycles. The lowest BCUT2D eigenvalue weighted by Gasteiger charge is -2.17. The van der Waals surface area contributed by atoms with Crippen molar-refractivity contribution < 1.29 is 0 Å². The number of aromatic nitrogens is 3. The number of rotatable bonds is 4. The van der Waals surface area contributed by atoms with Crippen LogP contribution in [0.1, 0.15) is 11.1 Å². The molecule has 0 amide bonds. The summed E-state index contributed by atoms with van der Waals surface area (Å²) in [5, 5.41) is 27.2. The molecule has 0 unspecified atom stereocenters. The second kappa shape index (κ2) is 11.8. The van der Waals surface area contributed by atoms with Gasteiger partial charge in [-0.3, -0.25) is 0 Å². The number of hydrogen-bond donors (Lipinski definition) is 0. The van der Waals surface area contributed by atoms with E-state index in [4.69, 9.17) is 0 Å². The monoisotopic (exact) mass is 699 g/mol. The van der Waals surface area contributed by atoms with Crippen LogP contribution in [0.25, 0.3) is 93.6 Å². The lowest BCUT2D eigenvalue weighted by molar-refractivity contribution is 1.15. The number of nitrogens with zero attached hydrogens (tertiary/aromatic N) is 5. The van der Waals surface area contributed by atoms with Crippen molar-refractivity contribution in [2.24, 2.45) is 0 Å². The molecule has 0 saturated heterocycles. The average Bonchev–Trinajstić information content (AvgIpc) is 3.88. The SMILES string of the molecule is N#Cc1ccc2c(c1)c1ccccc1n2-c1ccc2c3ccccc3n(-c3c(C#N)cccc3-c3ccc(-n4c5ccccc5c5ccccc54)cc3)c2c1. The van der Waals surface area contributed by atoms with E-state index in [0.717, 1.165) is 71.8 Å². The molecule has 254 valence electrons. The molecule has 5 nitrogen and oxygen atoms in total. The van der Waals surface area contributed by atoms with Crippen molar-refractivity contribution >= 4 is 65.4 Å². The summed E-state index contributed by atoms with van der Waals surface area (Å²) >= 11 is 0. The molecule has 0 aliphatic rings. The maximum Gasteiger partial charge on any atom is 0.101 e. The smallest absolute Gasteiger partial charge is 0.101 e. The Balaban J connectivity index is 1.14. The molecule has 5 heteroatoms. The summed E-state index contributed by atoms with van der Waals surface area (Å²) in [4.78, 5) is 0. The molecule has 0 saturated carbocycles. The highest BCUT2D eigenvalue weighted by Gasteiger charge is 2.21. The van der Waals surface area contributed by atoms with Crippen LogP contribution in [0.2, 0.25) is 0 Å². The van der Waals surface area contributed by atoms with Crippen molar-refractivity contribution in [3.8, 4) is 40.3 Å². The molecule has 0 fully saturated rings. The van der Waals surface area contributed by atoms with Crippen LogP contribution < -0.4 is 0 Å². The third-order valence-corrected chi connectivity index (χ3v) is 11.1. The highest BCUT2D eigenvalue weighted by atomic mass is 15.0. The minimum absolute atomic E-state index is 0.595. The van der Waals surface area contributed by atoms with E-state index >= 15 is 0 Å². The summed E-state index contributed by atoms with van der Waals surface area (Å²) in [6.45, 7) is 0. The van der Waals surface area contributed by atoms with Crippen molar-refractivity contribution in [2.45, 2.75) is 0 Å². The van der Waals surface area contributed by atoms with Gasteiger partial charge in [0.2, 0.25) is 0 Å². The first-order valence-electron chi connectivity index (χ1n) is 18.3. The molecular weight excluding hydrogens is 671 g/mol. The highest BCUT2D eigenvalue weighted by molar-refractivity contribution is 6.13. The maximum absolute atomic E-state index is 10.7. The van der Waals surface area contributed by atoms with E-state index in [-0.39, 0.29) is 0 Å². The number of benzene rings is 8. The van der Waals surface area contributed by atoms with E-state index in [1.165, 1.54) is 21.8 Å². The van der Waals surface area contributed by atoms with Gasteiger partial charge >= 0.3 is 0 Å². The maximum atomic E-state index is 10.7. The van der Waals surface area contributed by atoms with E-state index in [9.17, 15) is 10.5 Å². The first kappa shape index (κ1) is 30.7. The molecule has 0 bridgehead atoms. The van der Waals surface area contributed by atoms with Gasteiger partial charge in [-0.2, -0.15) is 10.5 Å². The van der Waals surface area contributed by atoms with Gasteiger partial charge in [-0.05, 0) is 78.4 Å². The number of nitriles is 2. The number of fused-ring (bicyclic) bond motifs is 9. The Morgan fingerprint density at radius 3 is 1.45 bits per heavy atom. The average molecular weight is 700 g/mol. The van der Waals surface area contributed by atoms with Crippen LogP contribution in [0.15, 0.2) is 176 Å².